The summed E-state index contributed by atoms with van der Waals surface area (Å²) in [6, 6.07) is 0.0752. The molecule has 2 fully saturated rings. The summed E-state index contributed by atoms with van der Waals surface area (Å²) < 4.78 is 10.8. The summed E-state index contributed by atoms with van der Waals surface area (Å²) in [5, 5.41) is 9.55. The molecule has 0 bridgehead atoms. The van der Waals surface area contributed by atoms with Crippen molar-refractivity contribution in [3.05, 3.63) is 0 Å². The molecule has 3 N–H and O–H groups in total. The van der Waals surface area contributed by atoms with E-state index >= 15 is 0 Å². The number of hydrogen-bond donors (Lipinski definition) is 3. The lowest BCUT2D eigenvalue weighted by Crippen LogP contribution is -2.48. The second-order valence-corrected chi connectivity index (χ2v) is 6.79. The fraction of sp³-hybridized carbons (Fsp3) is 0.882. The molecule has 1 amide bonds. The molecule has 2 unspecified atom stereocenters. The number of hydrogen-bond acceptors (Lipinski definition) is 4. The van der Waals surface area contributed by atoms with Crippen molar-refractivity contribution in [2.75, 3.05) is 32.8 Å². The smallest absolute Gasteiger partial charge is 0.407 e. The summed E-state index contributed by atoms with van der Waals surface area (Å²) in [5.74, 6) is 1.30. The van der Waals surface area contributed by atoms with Crippen LogP contribution in [-0.4, -0.2) is 56.5 Å². The molecule has 1 saturated heterocycles. The van der Waals surface area contributed by atoms with Crippen LogP contribution in [0.2, 0.25) is 0 Å². The standard InChI is InChI=1S/C17H32N4O3/c1-4-18-15(20-12-17(3)9-6-10-24-17)19-11-14(13-7-8-13)21-16(22)23-5-2/h13-14H,4-12H2,1-3H3,(H,21,22)(H2,18,19,20). The van der Waals surface area contributed by atoms with Crippen molar-refractivity contribution in [1.29, 1.82) is 0 Å². The average molecular weight is 340 g/mol. The van der Waals surface area contributed by atoms with Crippen molar-refractivity contribution >= 4 is 12.1 Å². The Kier molecular flexibility index (Phi) is 7.15. The first kappa shape index (κ1) is 18.8. The number of carbonyl (C=O) groups is 1. The minimum Gasteiger partial charge on any atom is -0.450 e. The molecule has 1 aliphatic heterocycles. The molecule has 7 heteroatoms. The Labute approximate surface area is 145 Å². The van der Waals surface area contributed by atoms with Crippen LogP contribution < -0.4 is 16.0 Å². The number of alkyl carbamates (subject to hydrolysis) is 1. The van der Waals surface area contributed by atoms with E-state index in [0.717, 1.165) is 44.8 Å². The Morgan fingerprint density at radius 3 is 2.75 bits per heavy atom. The molecule has 1 aliphatic carbocycles. The van der Waals surface area contributed by atoms with Gasteiger partial charge in [-0.3, -0.25) is 4.99 Å². The number of aliphatic imine (C=N–C) groups is 1. The maximum Gasteiger partial charge on any atom is 0.407 e. The molecule has 2 atom stereocenters. The van der Waals surface area contributed by atoms with Gasteiger partial charge in [0.05, 0.1) is 24.8 Å². The summed E-state index contributed by atoms with van der Waals surface area (Å²) in [6.07, 6.45) is 4.11. The molecule has 0 aromatic heterocycles. The molecule has 1 saturated carbocycles. The van der Waals surface area contributed by atoms with E-state index in [1.165, 1.54) is 0 Å². The second-order valence-electron chi connectivity index (χ2n) is 6.79. The molecular weight excluding hydrogens is 308 g/mol. The number of nitrogens with zero attached hydrogens (tertiary/aromatic N) is 1. The summed E-state index contributed by atoms with van der Waals surface area (Å²) in [5.41, 5.74) is -0.151. The van der Waals surface area contributed by atoms with Gasteiger partial charge in [-0.25, -0.2) is 4.79 Å². The lowest BCUT2D eigenvalue weighted by atomic mass is 10.0. The maximum absolute atomic E-state index is 11.7. The van der Waals surface area contributed by atoms with Crippen LogP contribution >= 0.6 is 0 Å². The van der Waals surface area contributed by atoms with Crippen LogP contribution in [0, 0.1) is 5.92 Å². The first-order chi connectivity index (χ1) is 11.6. The number of carbonyl (C=O) groups excluding carboxylic acids is 1. The molecule has 2 aliphatic rings. The lowest BCUT2D eigenvalue weighted by molar-refractivity contribution is 0.0283. The van der Waals surface area contributed by atoms with Crippen molar-refractivity contribution in [3.8, 4) is 0 Å². The highest BCUT2D eigenvalue weighted by atomic mass is 16.5. The molecule has 0 aromatic carbocycles. The molecule has 2 rings (SSSR count). The number of ether oxygens (including phenoxy) is 2. The van der Waals surface area contributed by atoms with Gasteiger partial charge in [-0.1, -0.05) is 0 Å². The topological polar surface area (TPSA) is 84.0 Å². The third-order valence-corrected chi connectivity index (χ3v) is 4.48. The quantitative estimate of drug-likeness (QED) is 0.462. The highest BCUT2D eigenvalue weighted by Gasteiger charge is 2.33. The van der Waals surface area contributed by atoms with E-state index in [4.69, 9.17) is 9.47 Å². The van der Waals surface area contributed by atoms with Gasteiger partial charge in [0.15, 0.2) is 5.96 Å². The predicted octanol–water partition coefficient (Wildman–Crippen LogP) is 1.64. The highest BCUT2D eigenvalue weighted by molar-refractivity contribution is 5.80. The SMILES string of the molecule is CCNC(=NCC1(C)CCCO1)NCC(NC(=O)OCC)C1CC1. The number of nitrogens with one attached hydrogen (secondary N) is 3. The molecule has 1 heterocycles. The van der Waals surface area contributed by atoms with Crippen molar-refractivity contribution < 1.29 is 14.3 Å². The summed E-state index contributed by atoms with van der Waals surface area (Å²) >= 11 is 0. The van der Waals surface area contributed by atoms with Crippen LogP contribution in [0.1, 0.15) is 46.5 Å². The van der Waals surface area contributed by atoms with E-state index in [0.29, 0.717) is 25.6 Å². The average Bonchev–Trinajstić information content (AvgIpc) is 3.31. The van der Waals surface area contributed by atoms with Gasteiger partial charge in [0.25, 0.3) is 0 Å². The normalized spacial score (nSPS) is 25.2. The largest absolute Gasteiger partial charge is 0.450 e. The van der Waals surface area contributed by atoms with Crippen molar-refractivity contribution in [2.24, 2.45) is 10.9 Å². The van der Waals surface area contributed by atoms with E-state index in [1.807, 2.05) is 13.8 Å². The minimum atomic E-state index is -0.343. The number of amides is 1. The van der Waals surface area contributed by atoms with E-state index in [1.54, 1.807) is 0 Å². The first-order valence-corrected chi connectivity index (χ1v) is 9.15. The Morgan fingerprint density at radius 1 is 1.38 bits per heavy atom. The Bertz CT molecular complexity index is 432. The van der Waals surface area contributed by atoms with Crippen molar-refractivity contribution in [1.82, 2.24) is 16.0 Å². The third kappa shape index (κ3) is 6.19. The van der Waals surface area contributed by atoms with Gasteiger partial charge in [0.1, 0.15) is 0 Å². The summed E-state index contributed by atoms with van der Waals surface area (Å²) in [4.78, 5) is 16.3. The second kappa shape index (κ2) is 9.11. The molecular formula is C17H32N4O3. The Hall–Kier alpha value is -1.50. The van der Waals surface area contributed by atoms with Gasteiger partial charge in [-0.15, -0.1) is 0 Å². The van der Waals surface area contributed by atoms with Gasteiger partial charge in [0.2, 0.25) is 0 Å². The predicted molar refractivity (Wildman–Crippen MR) is 94.2 cm³/mol. The van der Waals surface area contributed by atoms with Crippen LogP contribution in [-0.2, 0) is 9.47 Å². The summed E-state index contributed by atoms with van der Waals surface area (Å²) in [6.45, 7) is 9.26. The third-order valence-electron chi connectivity index (χ3n) is 4.48. The molecule has 138 valence electrons. The van der Waals surface area contributed by atoms with E-state index in [2.05, 4.69) is 27.9 Å². The lowest BCUT2D eigenvalue weighted by Gasteiger charge is -2.23. The molecule has 0 radical (unpaired) electrons. The van der Waals surface area contributed by atoms with Gasteiger partial charge in [-0.2, -0.15) is 0 Å². The Balaban J connectivity index is 1.84. The number of guanidine groups is 1. The zero-order valence-corrected chi connectivity index (χ0v) is 15.2. The highest BCUT2D eigenvalue weighted by Crippen LogP contribution is 2.32. The van der Waals surface area contributed by atoms with Gasteiger partial charge in [0, 0.05) is 19.7 Å². The maximum atomic E-state index is 11.7. The minimum absolute atomic E-state index is 0.0752. The molecule has 0 spiro atoms. The van der Waals surface area contributed by atoms with Crippen molar-refractivity contribution in [3.63, 3.8) is 0 Å². The van der Waals surface area contributed by atoms with Crippen LogP contribution in [0.15, 0.2) is 4.99 Å². The van der Waals surface area contributed by atoms with Gasteiger partial charge < -0.3 is 25.4 Å². The summed E-state index contributed by atoms with van der Waals surface area (Å²) in [7, 11) is 0. The van der Waals surface area contributed by atoms with E-state index < -0.39 is 0 Å². The van der Waals surface area contributed by atoms with Crippen LogP contribution in [0.5, 0.6) is 0 Å². The fourth-order valence-electron chi connectivity index (χ4n) is 2.91. The molecule has 0 aromatic rings. The number of rotatable bonds is 8. The first-order valence-electron chi connectivity index (χ1n) is 9.15. The zero-order chi connectivity index (χ0) is 17.4. The van der Waals surface area contributed by atoms with E-state index in [9.17, 15) is 4.79 Å². The van der Waals surface area contributed by atoms with E-state index in [-0.39, 0.29) is 17.7 Å². The Morgan fingerprint density at radius 2 is 2.17 bits per heavy atom. The zero-order valence-electron chi connectivity index (χ0n) is 15.2. The van der Waals surface area contributed by atoms with Crippen molar-refractivity contribution in [2.45, 2.75) is 58.1 Å². The molecule has 24 heavy (non-hydrogen) atoms. The fourth-order valence-corrected chi connectivity index (χ4v) is 2.91. The van der Waals surface area contributed by atoms with Gasteiger partial charge in [-0.05, 0) is 52.4 Å². The monoisotopic (exact) mass is 340 g/mol. The van der Waals surface area contributed by atoms with Crippen LogP contribution in [0.25, 0.3) is 0 Å². The van der Waals surface area contributed by atoms with Gasteiger partial charge >= 0.3 is 6.09 Å². The van der Waals surface area contributed by atoms with Crippen LogP contribution in [0.4, 0.5) is 4.79 Å². The van der Waals surface area contributed by atoms with Crippen LogP contribution in [0.3, 0.4) is 0 Å². The molecule has 7 nitrogen and oxygen atoms in total.